The molecule has 5 rings (SSSR count). The van der Waals surface area contributed by atoms with Gasteiger partial charge in [0.25, 0.3) is 0 Å². The van der Waals surface area contributed by atoms with Crippen molar-refractivity contribution in [2.24, 2.45) is 5.92 Å². The lowest BCUT2D eigenvalue weighted by Gasteiger charge is -2.59. The fourth-order valence-corrected chi connectivity index (χ4v) is 6.45. The maximum Gasteiger partial charge on any atom is 0.315 e. The van der Waals surface area contributed by atoms with Crippen molar-refractivity contribution in [3.63, 3.8) is 0 Å². The van der Waals surface area contributed by atoms with E-state index in [2.05, 4.69) is 29.7 Å². The highest BCUT2D eigenvalue weighted by Crippen LogP contribution is 2.56. The molecule has 3 aliphatic rings. The zero-order chi connectivity index (χ0) is 20.6. The first kappa shape index (κ1) is 19.6. The van der Waals surface area contributed by atoms with Crippen LogP contribution in [0.1, 0.15) is 48.8 Å². The highest BCUT2D eigenvalue weighted by molar-refractivity contribution is 5.75. The Morgan fingerprint density at radius 1 is 1.17 bits per heavy atom. The molecule has 156 valence electrons. The average molecular weight is 402 g/mol. The third-order valence-corrected chi connectivity index (χ3v) is 7.71. The van der Waals surface area contributed by atoms with Crippen LogP contribution in [-0.4, -0.2) is 30.0 Å². The quantitative estimate of drug-likeness (QED) is 0.398. The molecule has 2 aromatic carbocycles. The summed E-state index contributed by atoms with van der Waals surface area (Å²) in [6.45, 7) is 6.12. The predicted molar refractivity (Wildman–Crippen MR) is 120 cm³/mol. The SMILES string of the molecule is C=CCN1CC[C@]23CCCC[C@H]2[C@@H]1Cc1ccc(OC(=O)Cc2ccccc2)cc13. The number of nitrogens with zero attached hydrogens (tertiary/aromatic N) is 1. The van der Waals surface area contributed by atoms with Gasteiger partial charge in [-0.15, -0.1) is 6.58 Å². The van der Waals surface area contributed by atoms with Crippen LogP contribution in [0.2, 0.25) is 0 Å². The van der Waals surface area contributed by atoms with Gasteiger partial charge in [0, 0.05) is 18.0 Å². The molecular weight excluding hydrogens is 370 g/mol. The summed E-state index contributed by atoms with van der Waals surface area (Å²) in [4.78, 5) is 15.2. The molecule has 1 saturated heterocycles. The van der Waals surface area contributed by atoms with Crippen molar-refractivity contribution in [3.05, 3.63) is 77.9 Å². The maximum absolute atomic E-state index is 12.5. The first-order valence-corrected chi connectivity index (χ1v) is 11.4. The minimum Gasteiger partial charge on any atom is -0.426 e. The minimum absolute atomic E-state index is 0.187. The summed E-state index contributed by atoms with van der Waals surface area (Å²) in [5, 5.41) is 0. The second kappa shape index (κ2) is 8.03. The van der Waals surface area contributed by atoms with Crippen molar-refractivity contribution >= 4 is 5.97 Å². The van der Waals surface area contributed by atoms with Crippen LogP contribution < -0.4 is 4.74 Å². The molecular formula is C27H31NO2. The van der Waals surface area contributed by atoms with Crippen molar-refractivity contribution in [1.29, 1.82) is 0 Å². The molecule has 0 unspecified atom stereocenters. The van der Waals surface area contributed by atoms with E-state index in [1.165, 1.54) is 43.2 Å². The van der Waals surface area contributed by atoms with E-state index in [9.17, 15) is 4.79 Å². The second-order valence-electron chi connectivity index (χ2n) is 9.27. The van der Waals surface area contributed by atoms with Gasteiger partial charge in [-0.25, -0.2) is 0 Å². The van der Waals surface area contributed by atoms with Crippen LogP contribution in [0.15, 0.2) is 61.2 Å². The number of hydrogen-bond donors (Lipinski definition) is 0. The lowest BCUT2D eigenvalue weighted by Crippen LogP contribution is -2.60. The molecule has 1 aliphatic heterocycles. The highest BCUT2D eigenvalue weighted by Gasteiger charge is 2.53. The van der Waals surface area contributed by atoms with E-state index in [-0.39, 0.29) is 11.4 Å². The van der Waals surface area contributed by atoms with E-state index >= 15 is 0 Å². The van der Waals surface area contributed by atoms with Crippen molar-refractivity contribution in [1.82, 2.24) is 4.90 Å². The van der Waals surface area contributed by atoms with Crippen LogP contribution in [0.3, 0.4) is 0 Å². The third-order valence-electron chi connectivity index (χ3n) is 7.71. The van der Waals surface area contributed by atoms with Gasteiger partial charge in [0.1, 0.15) is 5.75 Å². The van der Waals surface area contributed by atoms with Gasteiger partial charge in [-0.1, -0.05) is 55.3 Å². The van der Waals surface area contributed by atoms with Gasteiger partial charge >= 0.3 is 5.97 Å². The monoisotopic (exact) mass is 401 g/mol. The fourth-order valence-electron chi connectivity index (χ4n) is 6.45. The molecule has 2 aliphatic carbocycles. The molecule has 1 heterocycles. The lowest BCUT2D eigenvalue weighted by molar-refractivity contribution is -0.133. The Morgan fingerprint density at radius 2 is 2.03 bits per heavy atom. The molecule has 0 N–H and O–H groups in total. The number of esters is 1. The molecule has 30 heavy (non-hydrogen) atoms. The predicted octanol–water partition coefficient (Wildman–Crippen LogP) is 5.08. The average Bonchev–Trinajstić information content (AvgIpc) is 2.77. The zero-order valence-electron chi connectivity index (χ0n) is 17.7. The number of hydrogen-bond acceptors (Lipinski definition) is 3. The van der Waals surface area contributed by atoms with Crippen LogP contribution >= 0.6 is 0 Å². The highest BCUT2D eigenvalue weighted by atomic mass is 16.5. The molecule has 1 saturated carbocycles. The molecule has 2 fully saturated rings. The Morgan fingerprint density at radius 3 is 2.87 bits per heavy atom. The maximum atomic E-state index is 12.5. The number of carbonyl (C=O) groups is 1. The number of likely N-dealkylation sites (tertiary alicyclic amines) is 1. The Labute approximate surface area is 179 Å². The third kappa shape index (κ3) is 3.39. The van der Waals surface area contributed by atoms with E-state index in [1.54, 1.807) is 0 Å². The van der Waals surface area contributed by atoms with E-state index in [0.29, 0.717) is 24.1 Å². The Balaban J connectivity index is 1.42. The topological polar surface area (TPSA) is 29.5 Å². The van der Waals surface area contributed by atoms with E-state index in [1.807, 2.05) is 36.4 Å². The summed E-state index contributed by atoms with van der Waals surface area (Å²) in [6, 6.07) is 16.9. The van der Waals surface area contributed by atoms with Gasteiger partial charge in [0.05, 0.1) is 6.42 Å². The summed E-state index contributed by atoms with van der Waals surface area (Å²) in [5.74, 6) is 1.23. The first-order valence-electron chi connectivity index (χ1n) is 11.4. The summed E-state index contributed by atoms with van der Waals surface area (Å²) < 4.78 is 5.80. The van der Waals surface area contributed by atoms with Crippen molar-refractivity contribution in [2.75, 3.05) is 13.1 Å². The van der Waals surface area contributed by atoms with Crippen molar-refractivity contribution in [3.8, 4) is 5.75 Å². The van der Waals surface area contributed by atoms with E-state index in [4.69, 9.17) is 4.74 Å². The second-order valence-corrected chi connectivity index (χ2v) is 9.27. The van der Waals surface area contributed by atoms with Crippen molar-refractivity contribution in [2.45, 2.75) is 56.4 Å². The minimum atomic E-state index is -0.187. The molecule has 0 amide bonds. The largest absolute Gasteiger partial charge is 0.426 e. The number of fused-ring (bicyclic) bond motifs is 1. The molecule has 3 nitrogen and oxygen atoms in total. The lowest BCUT2D eigenvalue weighted by atomic mass is 9.52. The zero-order valence-corrected chi connectivity index (χ0v) is 17.7. The van der Waals surface area contributed by atoms with Crippen molar-refractivity contribution < 1.29 is 9.53 Å². The summed E-state index contributed by atoms with van der Waals surface area (Å²) in [7, 11) is 0. The molecule has 0 radical (unpaired) electrons. The molecule has 3 heteroatoms. The summed E-state index contributed by atoms with van der Waals surface area (Å²) >= 11 is 0. The van der Waals surface area contributed by atoms with Gasteiger partial charge in [0.2, 0.25) is 0 Å². The first-order chi connectivity index (χ1) is 14.7. The normalized spacial score (nSPS) is 27.6. The number of benzene rings is 2. The van der Waals surface area contributed by atoms with Crippen LogP contribution in [0.4, 0.5) is 0 Å². The van der Waals surface area contributed by atoms with Gasteiger partial charge < -0.3 is 4.74 Å². The molecule has 2 bridgehead atoms. The molecule has 0 aromatic heterocycles. The Kier molecular flexibility index (Phi) is 5.24. The summed E-state index contributed by atoms with van der Waals surface area (Å²) in [6.07, 6.45) is 9.91. The molecule has 0 spiro atoms. The Hall–Kier alpha value is -2.39. The van der Waals surface area contributed by atoms with Crippen LogP contribution in [0, 0.1) is 5.92 Å². The number of carbonyl (C=O) groups excluding carboxylic acids is 1. The number of ether oxygens (including phenoxy) is 1. The number of rotatable bonds is 5. The van der Waals surface area contributed by atoms with Crippen LogP contribution in [0.25, 0.3) is 0 Å². The van der Waals surface area contributed by atoms with E-state index in [0.717, 1.165) is 25.1 Å². The van der Waals surface area contributed by atoms with Gasteiger partial charge in [0.15, 0.2) is 0 Å². The summed E-state index contributed by atoms with van der Waals surface area (Å²) in [5.41, 5.74) is 4.17. The van der Waals surface area contributed by atoms with Crippen LogP contribution in [-0.2, 0) is 23.1 Å². The standard InChI is InChI=1S/C27H31NO2/c1-2-15-28-16-14-27-13-7-6-10-23(27)25(28)18-21-11-12-22(19-24(21)27)30-26(29)17-20-8-4-3-5-9-20/h2-5,8-9,11-12,19,23,25H,1,6-7,10,13-18H2/t23-,25-,27+/m0/s1. The number of piperidine rings is 1. The smallest absolute Gasteiger partial charge is 0.315 e. The molecule has 2 aromatic rings. The van der Waals surface area contributed by atoms with Gasteiger partial charge in [-0.3, -0.25) is 9.69 Å². The fraction of sp³-hybridized carbons (Fsp3) is 0.444. The van der Waals surface area contributed by atoms with Gasteiger partial charge in [-0.2, -0.15) is 0 Å². The van der Waals surface area contributed by atoms with Crippen LogP contribution in [0.5, 0.6) is 5.75 Å². The Bertz CT molecular complexity index is 937. The van der Waals surface area contributed by atoms with E-state index < -0.39 is 0 Å². The molecule has 3 atom stereocenters. The van der Waals surface area contributed by atoms with Gasteiger partial charge in [-0.05, 0) is 67.0 Å².